The number of carbonyl (C=O) groups excluding carboxylic acids is 1. The van der Waals surface area contributed by atoms with E-state index in [0.29, 0.717) is 12.8 Å². The van der Waals surface area contributed by atoms with Crippen LogP contribution in [-0.2, 0) is 9.53 Å². The van der Waals surface area contributed by atoms with Gasteiger partial charge < -0.3 is 9.84 Å². The van der Waals surface area contributed by atoms with Crippen LogP contribution in [0.3, 0.4) is 0 Å². The van der Waals surface area contributed by atoms with Crippen molar-refractivity contribution in [3.8, 4) is 6.07 Å². The normalized spacial score (nSPS) is 34.2. The minimum atomic E-state index is -0.668. The van der Waals surface area contributed by atoms with E-state index in [-0.39, 0.29) is 11.9 Å². The second-order valence-electron chi connectivity index (χ2n) is 2.99. The van der Waals surface area contributed by atoms with Crippen LogP contribution in [0.5, 0.6) is 0 Å². The van der Waals surface area contributed by atoms with E-state index in [1.807, 2.05) is 6.07 Å². The number of ether oxygens (including phenoxy) is 1. The van der Waals surface area contributed by atoms with Gasteiger partial charge >= 0.3 is 5.97 Å². The number of methoxy groups -OCH3 is 1. The molecule has 0 radical (unpaired) electrons. The molecule has 1 unspecified atom stereocenters. The number of hydrogen-bond acceptors (Lipinski definition) is 4. The first kappa shape index (κ1) is 9.01. The molecule has 1 aliphatic rings. The number of aliphatic hydroxyl groups excluding tert-OH is 1. The van der Waals surface area contributed by atoms with Crippen molar-refractivity contribution in [1.82, 2.24) is 0 Å². The summed E-state index contributed by atoms with van der Waals surface area (Å²) >= 11 is 0. The van der Waals surface area contributed by atoms with Crippen molar-refractivity contribution < 1.29 is 14.6 Å². The van der Waals surface area contributed by atoms with Crippen LogP contribution in [0.15, 0.2) is 0 Å². The molecule has 66 valence electrons. The lowest BCUT2D eigenvalue weighted by Crippen LogP contribution is -2.13. The van der Waals surface area contributed by atoms with Crippen molar-refractivity contribution in [1.29, 1.82) is 5.26 Å². The van der Waals surface area contributed by atoms with E-state index >= 15 is 0 Å². The van der Waals surface area contributed by atoms with Crippen LogP contribution >= 0.6 is 0 Å². The smallest absolute Gasteiger partial charge is 0.308 e. The minimum absolute atomic E-state index is 0.297. The summed E-state index contributed by atoms with van der Waals surface area (Å²) in [6.07, 6.45) is 0.106. The monoisotopic (exact) mass is 169 g/mol. The molecule has 0 aromatic heterocycles. The van der Waals surface area contributed by atoms with E-state index < -0.39 is 12.0 Å². The summed E-state index contributed by atoms with van der Waals surface area (Å²) in [6.45, 7) is 0. The van der Waals surface area contributed by atoms with E-state index in [9.17, 15) is 9.90 Å². The van der Waals surface area contributed by atoms with Gasteiger partial charge in [-0.15, -0.1) is 0 Å². The zero-order valence-corrected chi connectivity index (χ0v) is 6.86. The molecule has 1 fully saturated rings. The summed E-state index contributed by atoms with van der Waals surface area (Å²) in [5.41, 5.74) is 0. The molecule has 0 aliphatic heterocycles. The lowest BCUT2D eigenvalue weighted by molar-refractivity contribution is -0.145. The Morgan fingerprint density at radius 1 is 1.67 bits per heavy atom. The number of hydrogen-bond donors (Lipinski definition) is 1. The lowest BCUT2D eigenvalue weighted by Gasteiger charge is -2.04. The Kier molecular flexibility index (Phi) is 2.66. The molecule has 4 nitrogen and oxygen atoms in total. The highest BCUT2D eigenvalue weighted by Crippen LogP contribution is 2.31. The first-order chi connectivity index (χ1) is 5.69. The fraction of sp³-hybridized carbons (Fsp3) is 0.750. The van der Waals surface area contributed by atoms with Gasteiger partial charge in [0.05, 0.1) is 31.1 Å². The average molecular weight is 169 g/mol. The Balaban J connectivity index is 2.55. The van der Waals surface area contributed by atoms with Crippen LogP contribution < -0.4 is 0 Å². The number of nitriles is 1. The molecule has 0 bridgehead atoms. The third-order valence-corrected chi connectivity index (χ3v) is 2.23. The molecular weight excluding hydrogens is 158 g/mol. The second-order valence-corrected chi connectivity index (χ2v) is 2.99. The molecule has 0 aromatic rings. The molecule has 1 rings (SSSR count). The summed E-state index contributed by atoms with van der Waals surface area (Å²) in [7, 11) is 1.31. The molecule has 12 heavy (non-hydrogen) atoms. The third-order valence-electron chi connectivity index (χ3n) is 2.23. The van der Waals surface area contributed by atoms with Crippen LogP contribution in [0.25, 0.3) is 0 Å². The molecule has 0 heterocycles. The van der Waals surface area contributed by atoms with Gasteiger partial charge in [0.25, 0.3) is 0 Å². The molecular formula is C8H11NO3. The summed E-state index contributed by atoms with van der Waals surface area (Å²) in [4.78, 5) is 11.0. The fourth-order valence-corrected chi connectivity index (χ4v) is 1.51. The molecule has 0 spiro atoms. The van der Waals surface area contributed by atoms with Gasteiger partial charge in [-0.3, -0.25) is 4.79 Å². The van der Waals surface area contributed by atoms with Gasteiger partial charge in [-0.1, -0.05) is 0 Å². The summed E-state index contributed by atoms with van der Waals surface area (Å²) in [5, 5.41) is 17.8. The fourth-order valence-electron chi connectivity index (χ4n) is 1.51. The lowest BCUT2D eigenvalue weighted by atomic mass is 10.1. The van der Waals surface area contributed by atoms with E-state index in [2.05, 4.69) is 4.74 Å². The van der Waals surface area contributed by atoms with Gasteiger partial charge in [0.15, 0.2) is 0 Å². The SMILES string of the molecule is COC(=O)C1C[C@H](O)[C@@H](C#N)C1. The molecule has 0 aromatic carbocycles. The number of nitrogens with zero attached hydrogens (tertiary/aromatic N) is 1. The maximum absolute atomic E-state index is 11.0. The maximum atomic E-state index is 11.0. The van der Waals surface area contributed by atoms with E-state index in [4.69, 9.17) is 5.26 Å². The van der Waals surface area contributed by atoms with Crippen LogP contribution in [0, 0.1) is 23.2 Å². The van der Waals surface area contributed by atoms with Crippen molar-refractivity contribution in [3.05, 3.63) is 0 Å². The van der Waals surface area contributed by atoms with Gasteiger partial charge in [-0.05, 0) is 12.8 Å². The highest BCUT2D eigenvalue weighted by atomic mass is 16.5. The number of carbonyl (C=O) groups is 1. The van der Waals surface area contributed by atoms with Gasteiger partial charge in [-0.2, -0.15) is 5.26 Å². The zero-order chi connectivity index (χ0) is 9.14. The standard InChI is InChI=1S/C8H11NO3/c1-12-8(11)5-2-6(4-9)7(10)3-5/h5-7,10H,2-3H2,1H3/t5?,6-,7+/m1/s1. The van der Waals surface area contributed by atoms with Gasteiger partial charge in [0, 0.05) is 0 Å². The van der Waals surface area contributed by atoms with Crippen molar-refractivity contribution in [2.45, 2.75) is 18.9 Å². The first-order valence-electron chi connectivity index (χ1n) is 3.84. The van der Waals surface area contributed by atoms with E-state index in [0.717, 1.165) is 0 Å². The van der Waals surface area contributed by atoms with Gasteiger partial charge in [0.1, 0.15) is 0 Å². The maximum Gasteiger partial charge on any atom is 0.308 e. The number of rotatable bonds is 1. The molecule has 1 saturated carbocycles. The topological polar surface area (TPSA) is 70.3 Å². The van der Waals surface area contributed by atoms with Gasteiger partial charge in [-0.25, -0.2) is 0 Å². The summed E-state index contributed by atoms with van der Waals surface area (Å²) < 4.78 is 4.52. The molecule has 0 saturated heterocycles. The Morgan fingerprint density at radius 3 is 2.75 bits per heavy atom. The second kappa shape index (κ2) is 3.55. The highest BCUT2D eigenvalue weighted by Gasteiger charge is 2.37. The Bertz CT molecular complexity index is 221. The third kappa shape index (κ3) is 1.56. The van der Waals surface area contributed by atoms with Crippen molar-refractivity contribution in [2.24, 2.45) is 11.8 Å². The zero-order valence-electron chi connectivity index (χ0n) is 6.86. The largest absolute Gasteiger partial charge is 0.469 e. The molecule has 1 aliphatic carbocycles. The number of esters is 1. The first-order valence-corrected chi connectivity index (χ1v) is 3.84. The van der Waals surface area contributed by atoms with Crippen LogP contribution in [0.4, 0.5) is 0 Å². The van der Waals surface area contributed by atoms with Crippen molar-refractivity contribution >= 4 is 5.97 Å². The highest BCUT2D eigenvalue weighted by molar-refractivity contribution is 5.72. The Labute approximate surface area is 70.7 Å². The summed E-state index contributed by atoms with van der Waals surface area (Å²) in [6, 6.07) is 1.96. The van der Waals surface area contributed by atoms with Gasteiger partial charge in [0.2, 0.25) is 0 Å². The molecule has 0 amide bonds. The average Bonchev–Trinajstić information content (AvgIpc) is 2.45. The van der Waals surface area contributed by atoms with Crippen LogP contribution in [0.2, 0.25) is 0 Å². The van der Waals surface area contributed by atoms with Crippen LogP contribution in [0.1, 0.15) is 12.8 Å². The van der Waals surface area contributed by atoms with Crippen molar-refractivity contribution in [3.63, 3.8) is 0 Å². The molecule has 1 N–H and O–H groups in total. The number of aliphatic hydroxyl groups is 1. The Hall–Kier alpha value is -1.08. The molecule has 4 heteroatoms. The van der Waals surface area contributed by atoms with E-state index in [1.54, 1.807) is 0 Å². The molecule has 3 atom stereocenters. The van der Waals surface area contributed by atoms with Crippen molar-refractivity contribution in [2.75, 3.05) is 7.11 Å². The predicted molar refractivity (Wildman–Crippen MR) is 39.8 cm³/mol. The quantitative estimate of drug-likeness (QED) is 0.564. The summed E-state index contributed by atoms with van der Waals surface area (Å²) in [5.74, 6) is -1.03. The minimum Gasteiger partial charge on any atom is -0.469 e. The predicted octanol–water partition coefficient (Wildman–Crippen LogP) is 0.0701. The van der Waals surface area contributed by atoms with Crippen LogP contribution in [-0.4, -0.2) is 24.3 Å². The van der Waals surface area contributed by atoms with E-state index in [1.165, 1.54) is 7.11 Å². The Morgan fingerprint density at radius 2 is 2.33 bits per heavy atom.